The van der Waals surface area contributed by atoms with Gasteiger partial charge in [0.1, 0.15) is 0 Å². The molecule has 1 aliphatic rings. The minimum absolute atomic E-state index is 0.148. The summed E-state index contributed by atoms with van der Waals surface area (Å²) in [7, 11) is 0. The Balaban J connectivity index is 3.20. The summed E-state index contributed by atoms with van der Waals surface area (Å²) >= 11 is 0. The third-order valence-corrected chi connectivity index (χ3v) is 2.18. The summed E-state index contributed by atoms with van der Waals surface area (Å²) in [5.41, 5.74) is -2.60. The maximum Gasteiger partial charge on any atom is 0.406 e. The first kappa shape index (κ1) is 9.83. The van der Waals surface area contributed by atoms with Crippen LogP contribution in [0.25, 0.3) is 0 Å². The first-order valence-corrected chi connectivity index (χ1v) is 3.55. The van der Waals surface area contributed by atoms with E-state index >= 15 is 0 Å². The van der Waals surface area contributed by atoms with Crippen LogP contribution in [0.4, 0.5) is 13.2 Å². The molecule has 1 atom stereocenters. The van der Waals surface area contributed by atoms with E-state index in [2.05, 4.69) is 6.58 Å². The standard InChI is InChI=1S/C8H8F3NO/c1-3-5-4-12-6(13)7(5,2)8(9,10)11/h3-4H,1H2,2H3,(H,12,13). The van der Waals surface area contributed by atoms with Gasteiger partial charge in [0.2, 0.25) is 5.91 Å². The molecular weight excluding hydrogens is 183 g/mol. The van der Waals surface area contributed by atoms with E-state index in [0.29, 0.717) is 0 Å². The van der Waals surface area contributed by atoms with Gasteiger partial charge in [0, 0.05) is 6.20 Å². The molecular formula is C8H8F3NO. The lowest BCUT2D eigenvalue weighted by Crippen LogP contribution is -2.43. The van der Waals surface area contributed by atoms with Gasteiger partial charge >= 0.3 is 6.18 Å². The molecule has 0 radical (unpaired) electrons. The third-order valence-electron chi connectivity index (χ3n) is 2.18. The van der Waals surface area contributed by atoms with E-state index in [-0.39, 0.29) is 5.57 Å². The normalized spacial score (nSPS) is 28.3. The zero-order valence-electron chi connectivity index (χ0n) is 6.90. The second-order valence-electron chi connectivity index (χ2n) is 2.90. The predicted molar refractivity (Wildman–Crippen MR) is 40.6 cm³/mol. The van der Waals surface area contributed by atoms with Crippen LogP contribution in [-0.4, -0.2) is 12.1 Å². The number of carbonyl (C=O) groups excluding carboxylic acids is 1. The molecule has 1 unspecified atom stereocenters. The molecule has 2 nitrogen and oxygen atoms in total. The minimum atomic E-state index is -4.59. The van der Waals surface area contributed by atoms with Crippen LogP contribution < -0.4 is 5.32 Å². The summed E-state index contributed by atoms with van der Waals surface area (Å²) in [6.45, 7) is 4.06. The van der Waals surface area contributed by atoms with Crippen LogP contribution in [0.1, 0.15) is 6.92 Å². The van der Waals surface area contributed by atoms with Crippen molar-refractivity contribution < 1.29 is 18.0 Å². The van der Waals surface area contributed by atoms with Gasteiger partial charge in [0.15, 0.2) is 5.41 Å². The molecule has 1 rings (SSSR count). The van der Waals surface area contributed by atoms with Crippen molar-refractivity contribution in [3.8, 4) is 0 Å². The number of carbonyl (C=O) groups is 1. The molecule has 1 amide bonds. The van der Waals surface area contributed by atoms with Gasteiger partial charge in [-0.1, -0.05) is 12.7 Å². The molecule has 1 aliphatic heterocycles. The van der Waals surface area contributed by atoms with Crippen molar-refractivity contribution in [2.45, 2.75) is 13.1 Å². The number of halogens is 3. The lowest BCUT2D eigenvalue weighted by atomic mass is 9.83. The molecule has 0 bridgehead atoms. The van der Waals surface area contributed by atoms with Crippen LogP contribution in [0.15, 0.2) is 24.4 Å². The van der Waals surface area contributed by atoms with Gasteiger partial charge in [-0.05, 0) is 12.5 Å². The first-order chi connectivity index (χ1) is 5.84. The average molecular weight is 191 g/mol. The quantitative estimate of drug-likeness (QED) is 0.672. The highest BCUT2D eigenvalue weighted by atomic mass is 19.4. The van der Waals surface area contributed by atoms with E-state index in [4.69, 9.17) is 0 Å². The van der Waals surface area contributed by atoms with E-state index in [1.165, 1.54) is 0 Å². The Morgan fingerprint density at radius 2 is 2.15 bits per heavy atom. The second-order valence-corrected chi connectivity index (χ2v) is 2.90. The van der Waals surface area contributed by atoms with E-state index in [0.717, 1.165) is 19.2 Å². The van der Waals surface area contributed by atoms with Gasteiger partial charge in [-0.2, -0.15) is 13.2 Å². The van der Waals surface area contributed by atoms with Crippen LogP contribution in [0.3, 0.4) is 0 Å². The molecule has 5 heteroatoms. The van der Waals surface area contributed by atoms with Crippen molar-refractivity contribution in [3.63, 3.8) is 0 Å². The first-order valence-electron chi connectivity index (χ1n) is 3.55. The number of alkyl halides is 3. The van der Waals surface area contributed by atoms with Gasteiger partial charge in [0.25, 0.3) is 0 Å². The zero-order valence-corrected chi connectivity index (χ0v) is 6.90. The molecule has 0 spiro atoms. The molecule has 0 aromatic rings. The molecule has 72 valence electrons. The monoisotopic (exact) mass is 191 g/mol. The van der Waals surface area contributed by atoms with Crippen molar-refractivity contribution in [1.29, 1.82) is 0 Å². The largest absolute Gasteiger partial charge is 0.406 e. The average Bonchev–Trinajstić information content (AvgIpc) is 2.29. The van der Waals surface area contributed by atoms with Crippen molar-refractivity contribution in [2.24, 2.45) is 5.41 Å². The Morgan fingerprint density at radius 3 is 2.46 bits per heavy atom. The number of hydrogen-bond donors (Lipinski definition) is 1. The van der Waals surface area contributed by atoms with Crippen molar-refractivity contribution in [2.75, 3.05) is 0 Å². The summed E-state index contributed by atoms with van der Waals surface area (Å²) in [6.07, 6.45) is -2.53. The molecule has 0 aromatic heterocycles. The smallest absolute Gasteiger partial charge is 0.331 e. The lowest BCUT2D eigenvalue weighted by Gasteiger charge is -2.26. The van der Waals surface area contributed by atoms with Gasteiger partial charge in [-0.15, -0.1) is 0 Å². The highest BCUT2D eigenvalue weighted by molar-refractivity contribution is 5.91. The zero-order chi connectivity index (χ0) is 10.3. The Labute approximate surface area is 73.1 Å². The van der Waals surface area contributed by atoms with E-state index in [1.807, 2.05) is 5.32 Å². The van der Waals surface area contributed by atoms with Gasteiger partial charge in [-0.25, -0.2) is 0 Å². The topological polar surface area (TPSA) is 29.1 Å². The highest BCUT2D eigenvalue weighted by Crippen LogP contribution is 2.46. The molecule has 1 heterocycles. The van der Waals surface area contributed by atoms with Crippen molar-refractivity contribution in [1.82, 2.24) is 5.32 Å². The summed E-state index contributed by atoms with van der Waals surface area (Å²) in [4.78, 5) is 11.0. The van der Waals surface area contributed by atoms with Crippen molar-refractivity contribution in [3.05, 3.63) is 24.4 Å². The predicted octanol–water partition coefficient (Wildman–Crippen LogP) is 1.75. The SMILES string of the molecule is C=CC1=CNC(=O)C1(C)C(F)(F)F. The maximum absolute atomic E-state index is 12.5. The number of rotatable bonds is 1. The second kappa shape index (κ2) is 2.61. The molecule has 0 fully saturated rings. The van der Waals surface area contributed by atoms with Crippen LogP contribution in [0, 0.1) is 5.41 Å². The molecule has 1 N–H and O–H groups in total. The van der Waals surface area contributed by atoms with Gasteiger partial charge in [-0.3, -0.25) is 4.79 Å². The fraction of sp³-hybridized carbons (Fsp3) is 0.375. The van der Waals surface area contributed by atoms with Crippen LogP contribution in [-0.2, 0) is 4.79 Å². The fourth-order valence-electron chi connectivity index (χ4n) is 1.12. The van der Waals surface area contributed by atoms with E-state index < -0.39 is 17.5 Å². The Bertz CT molecular complexity index is 292. The van der Waals surface area contributed by atoms with Gasteiger partial charge < -0.3 is 5.32 Å². The number of amides is 1. The van der Waals surface area contributed by atoms with Crippen LogP contribution in [0.5, 0.6) is 0 Å². The van der Waals surface area contributed by atoms with E-state index in [9.17, 15) is 18.0 Å². The third kappa shape index (κ3) is 1.15. The highest BCUT2D eigenvalue weighted by Gasteiger charge is 2.60. The summed E-state index contributed by atoms with van der Waals surface area (Å²) in [5, 5.41) is 2.03. The van der Waals surface area contributed by atoms with Gasteiger partial charge in [0.05, 0.1) is 0 Å². The van der Waals surface area contributed by atoms with E-state index in [1.54, 1.807) is 0 Å². The molecule has 0 aromatic carbocycles. The summed E-state index contributed by atoms with van der Waals surface area (Å²) in [5.74, 6) is -1.06. The number of allylic oxidation sites excluding steroid dienone is 1. The Morgan fingerprint density at radius 1 is 1.62 bits per heavy atom. The lowest BCUT2D eigenvalue weighted by molar-refractivity contribution is -0.201. The molecule has 0 saturated carbocycles. The molecule has 13 heavy (non-hydrogen) atoms. The fourth-order valence-corrected chi connectivity index (χ4v) is 1.12. The number of hydrogen-bond acceptors (Lipinski definition) is 1. The van der Waals surface area contributed by atoms with Crippen molar-refractivity contribution >= 4 is 5.91 Å². The maximum atomic E-state index is 12.5. The Hall–Kier alpha value is -1.26. The molecule has 0 aliphatic carbocycles. The summed E-state index contributed by atoms with van der Waals surface area (Å²) in [6, 6.07) is 0. The van der Waals surface area contributed by atoms with Crippen LogP contribution >= 0.6 is 0 Å². The summed E-state index contributed by atoms with van der Waals surface area (Å²) < 4.78 is 37.4. The minimum Gasteiger partial charge on any atom is -0.331 e. The molecule has 0 saturated heterocycles. The Kier molecular flexibility index (Phi) is 1.98. The van der Waals surface area contributed by atoms with Crippen LogP contribution in [0.2, 0.25) is 0 Å². The number of nitrogens with one attached hydrogen (secondary N) is 1.